The first-order chi connectivity index (χ1) is 11.9. The Hall–Kier alpha value is -2.44. The molecule has 2 N–H and O–H groups in total. The zero-order chi connectivity index (χ0) is 16.2. The van der Waals surface area contributed by atoms with Crippen molar-refractivity contribution < 1.29 is 18.9 Å². The highest BCUT2D eigenvalue weighted by Gasteiger charge is 2.13. The first kappa shape index (κ1) is 15.1. The summed E-state index contributed by atoms with van der Waals surface area (Å²) in [6.07, 6.45) is 0. The van der Waals surface area contributed by atoms with Crippen LogP contribution in [0.25, 0.3) is 0 Å². The van der Waals surface area contributed by atoms with E-state index in [1.165, 1.54) is 11.1 Å². The summed E-state index contributed by atoms with van der Waals surface area (Å²) >= 11 is 0. The molecule has 0 saturated carbocycles. The summed E-state index contributed by atoms with van der Waals surface area (Å²) in [5.41, 5.74) is 2.38. The predicted molar refractivity (Wildman–Crippen MR) is 88.5 cm³/mol. The minimum absolute atomic E-state index is 0.315. The summed E-state index contributed by atoms with van der Waals surface area (Å²) in [4.78, 5) is 0. The van der Waals surface area contributed by atoms with Gasteiger partial charge in [0.2, 0.25) is 13.6 Å². The maximum Gasteiger partial charge on any atom is 0.231 e. The Labute approximate surface area is 140 Å². The van der Waals surface area contributed by atoms with E-state index in [1.807, 2.05) is 24.3 Å². The molecule has 0 amide bonds. The summed E-state index contributed by atoms with van der Waals surface area (Å²) in [6, 6.07) is 12.1. The molecular formula is C18H20N2O4. The molecular weight excluding hydrogens is 308 g/mol. The highest BCUT2D eigenvalue weighted by molar-refractivity contribution is 5.45. The monoisotopic (exact) mass is 328 g/mol. The van der Waals surface area contributed by atoms with Gasteiger partial charge in [-0.15, -0.1) is 0 Å². The van der Waals surface area contributed by atoms with Crippen LogP contribution in [0, 0.1) is 0 Å². The summed E-state index contributed by atoms with van der Waals surface area (Å²) in [5.74, 6) is 3.30. The lowest BCUT2D eigenvalue weighted by Gasteiger charge is -2.08. The fourth-order valence-corrected chi connectivity index (χ4v) is 2.74. The van der Waals surface area contributed by atoms with Crippen molar-refractivity contribution in [3.8, 4) is 23.0 Å². The van der Waals surface area contributed by atoms with Crippen LogP contribution < -0.4 is 29.6 Å². The molecule has 4 rings (SSSR count). The van der Waals surface area contributed by atoms with Crippen LogP contribution in [-0.4, -0.2) is 26.7 Å². The van der Waals surface area contributed by atoms with Crippen LogP contribution in [0.15, 0.2) is 36.4 Å². The minimum Gasteiger partial charge on any atom is -0.454 e. The van der Waals surface area contributed by atoms with Gasteiger partial charge in [0.05, 0.1) is 0 Å². The summed E-state index contributed by atoms with van der Waals surface area (Å²) in [5, 5.41) is 6.83. The maximum absolute atomic E-state index is 5.38. The highest BCUT2D eigenvalue weighted by atomic mass is 16.7. The smallest absolute Gasteiger partial charge is 0.231 e. The van der Waals surface area contributed by atoms with Crippen LogP contribution in [-0.2, 0) is 13.1 Å². The lowest BCUT2D eigenvalue weighted by atomic mass is 10.2. The van der Waals surface area contributed by atoms with Crippen molar-refractivity contribution >= 4 is 0 Å². The average molecular weight is 328 g/mol. The van der Waals surface area contributed by atoms with Gasteiger partial charge in [0.1, 0.15) is 0 Å². The van der Waals surface area contributed by atoms with Crippen molar-refractivity contribution in [2.24, 2.45) is 0 Å². The molecule has 0 saturated heterocycles. The molecule has 2 heterocycles. The van der Waals surface area contributed by atoms with Gasteiger partial charge in [-0.05, 0) is 35.4 Å². The third-order valence-electron chi connectivity index (χ3n) is 4.01. The van der Waals surface area contributed by atoms with Gasteiger partial charge in [-0.3, -0.25) is 0 Å². The number of hydrogen-bond acceptors (Lipinski definition) is 6. The Kier molecular flexibility index (Phi) is 4.40. The zero-order valence-electron chi connectivity index (χ0n) is 13.3. The molecule has 24 heavy (non-hydrogen) atoms. The predicted octanol–water partition coefficient (Wildman–Crippen LogP) is 2.02. The Morgan fingerprint density at radius 1 is 0.625 bits per heavy atom. The lowest BCUT2D eigenvalue weighted by molar-refractivity contribution is 0.173. The number of nitrogens with one attached hydrogen (secondary N) is 2. The van der Waals surface area contributed by atoms with E-state index in [1.54, 1.807) is 0 Å². The molecule has 6 nitrogen and oxygen atoms in total. The fraction of sp³-hybridized carbons (Fsp3) is 0.333. The van der Waals surface area contributed by atoms with Crippen LogP contribution in [0.3, 0.4) is 0 Å². The summed E-state index contributed by atoms with van der Waals surface area (Å²) < 4.78 is 21.4. The largest absolute Gasteiger partial charge is 0.454 e. The Morgan fingerprint density at radius 3 is 1.58 bits per heavy atom. The van der Waals surface area contributed by atoms with Gasteiger partial charge in [0, 0.05) is 26.2 Å². The van der Waals surface area contributed by atoms with Crippen molar-refractivity contribution in [2.75, 3.05) is 26.7 Å². The van der Waals surface area contributed by atoms with Crippen LogP contribution >= 0.6 is 0 Å². The van der Waals surface area contributed by atoms with E-state index in [0.29, 0.717) is 13.6 Å². The van der Waals surface area contributed by atoms with Gasteiger partial charge in [-0.25, -0.2) is 0 Å². The normalized spacial score (nSPS) is 14.2. The molecule has 0 radical (unpaired) electrons. The summed E-state index contributed by atoms with van der Waals surface area (Å²) in [6.45, 7) is 4.02. The number of hydrogen-bond donors (Lipinski definition) is 2. The van der Waals surface area contributed by atoms with Crippen molar-refractivity contribution in [3.05, 3.63) is 47.5 Å². The van der Waals surface area contributed by atoms with E-state index in [2.05, 4.69) is 22.8 Å². The zero-order valence-corrected chi connectivity index (χ0v) is 13.3. The topological polar surface area (TPSA) is 61.0 Å². The second-order valence-corrected chi connectivity index (χ2v) is 5.73. The van der Waals surface area contributed by atoms with Gasteiger partial charge >= 0.3 is 0 Å². The van der Waals surface area contributed by atoms with Gasteiger partial charge < -0.3 is 29.6 Å². The van der Waals surface area contributed by atoms with Crippen molar-refractivity contribution in [1.29, 1.82) is 0 Å². The van der Waals surface area contributed by atoms with E-state index in [9.17, 15) is 0 Å². The number of fused-ring (bicyclic) bond motifs is 2. The van der Waals surface area contributed by atoms with E-state index in [-0.39, 0.29) is 0 Å². The second-order valence-electron chi connectivity index (χ2n) is 5.73. The lowest BCUT2D eigenvalue weighted by Crippen LogP contribution is -2.26. The first-order valence-electron chi connectivity index (χ1n) is 8.07. The maximum atomic E-state index is 5.38. The van der Waals surface area contributed by atoms with Gasteiger partial charge in [-0.1, -0.05) is 12.1 Å². The van der Waals surface area contributed by atoms with Crippen molar-refractivity contribution in [1.82, 2.24) is 10.6 Å². The molecule has 0 aromatic heterocycles. The molecule has 2 aromatic carbocycles. The third kappa shape index (κ3) is 3.39. The van der Waals surface area contributed by atoms with Crippen LogP contribution in [0.5, 0.6) is 23.0 Å². The molecule has 0 aliphatic carbocycles. The molecule has 126 valence electrons. The minimum atomic E-state index is 0.315. The van der Waals surface area contributed by atoms with Crippen LogP contribution in [0.4, 0.5) is 0 Å². The second kappa shape index (κ2) is 6.98. The number of benzene rings is 2. The van der Waals surface area contributed by atoms with Crippen LogP contribution in [0.1, 0.15) is 11.1 Å². The quantitative estimate of drug-likeness (QED) is 0.759. The molecule has 0 spiro atoms. The van der Waals surface area contributed by atoms with E-state index in [4.69, 9.17) is 18.9 Å². The SMILES string of the molecule is c1cc2c(cc1CNCCNCc1ccc3c(c1)OCO3)OCO2. The van der Waals surface area contributed by atoms with Gasteiger partial charge in [0.15, 0.2) is 23.0 Å². The molecule has 2 aromatic rings. The number of rotatable bonds is 7. The average Bonchev–Trinajstić information content (AvgIpc) is 3.25. The molecule has 6 heteroatoms. The van der Waals surface area contributed by atoms with Crippen molar-refractivity contribution in [2.45, 2.75) is 13.1 Å². The molecule has 0 unspecified atom stereocenters. The van der Waals surface area contributed by atoms with Crippen molar-refractivity contribution in [3.63, 3.8) is 0 Å². The molecule has 0 atom stereocenters. The number of ether oxygens (including phenoxy) is 4. The Bertz CT molecular complexity index is 659. The van der Waals surface area contributed by atoms with Gasteiger partial charge in [-0.2, -0.15) is 0 Å². The molecule has 2 aliphatic rings. The molecule has 0 bridgehead atoms. The van der Waals surface area contributed by atoms with Gasteiger partial charge in [0.25, 0.3) is 0 Å². The fourth-order valence-electron chi connectivity index (χ4n) is 2.74. The standard InChI is InChI=1S/C18H20N2O4/c1-3-15-17(23-11-21-15)7-13(1)9-19-5-6-20-10-14-2-4-16-18(8-14)24-12-22-16/h1-4,7-8,19-20H,5-6,9-12H2. The van der Waals surface area contributed by atoms with E-state index < -0.39 is 0 Å². The van der Waals surface area contributed by atoms with Crippen LogP contribution in [0.2, 0.25) is 0 Å². The third-order valence-corrected chi connectivity index (χ3v) is 4.01. The highest BCUT2D eigenvalue weighted by Crippen LogP contribution is 2.33. The van der Waals surface area contributed by atoms with E-state index in [0.717, 1.165) is 49.2 Å². The molecule has 0 fully saturated rings. The summed E-state index contributed by atoms with van der Waals surface area (Å²) in [7, 11) is 0. The first-order valence-corrected chi connectivity index (χ1v) is 8.07. The Morgan fingerprint density at radius 2 is 1.08 bits per heavy atom. The van der Waals surface area contributed by atoms with E-state index >= 15 is 0 Å². The molecule has 2 aliphatic heterocycles. The Balaban J connectivity index is 1.16.